The first-order chi connectivity index (χ1) is 8.78. The Balaban J connectivity index is 2.08. The van der Waals surface area contributed by atoms with E-state index in [9.17, 15) is 0 Å². The molecule has 0 spiro atoms. The van der Waals surface area contributed by atoms with Crippen molar-refractivity contribution in [1.29, 1.82) is 0 Å². The lowest BCUT2D eigenvalue weighted by atomic mass is 10.1. The number of benzene rings is 1. The van der Waals surface area contributed by atoms with Gasteiger partial charge in [0.2, 0.25) is 0 Å². The van der Waals surface area contributed by atoms with Gasteiger partial charge in [-0.1, -0.05) is 25.1 Å². The standard InChI is InChI=1S/C15H19N3/c1-11-6-7-18(10-11)15-8-12(9-16)13-4-2-3-5-14(13)17-15/h2-5,8,11H,6-7,9-10,16H2,1H3. The second-order valence-corrected chi connectivity index (χ2v) is 5.20. The zero-order valence-electron chi connectivity index (χ0n) is 10.8. The molecule has 2 N–H and O–H groups in total. The molecule has 0 bridgehead atoms. The van der Waals surface area contributed by atoms with Crippen LogP contribution in [0.15, 0.2) is 30.3 Å². The van der Waals surface area contributed by atoms with Crippen LogP contribution >= 0.6 is 0 Å². The van der Waals surface area contributed by atoms with E-state index in [-0.39, 0.29) is 0 Å². The number of hydrogen-bond acceptors (Lipinski definition) is 3. The summed E-state index contributed by atoms with van der Waals surface area (Å²) < 4.78 is 0. The number of nitrogens with zero attached hydrogens (tertiary/aromatic N) is 2. The maximum atomic E-state index is 5.86. The molecule has 94 valence electrons. The number of para-hydroxylation sites is 1. The van der Waals surface area contributed by atoms with Crippen LogP contribution in [0.2, 0.25) is 0 Å². The first-order valence-electron chi connectivity index (χ1n) is 6.61. The van der Waals surface area contributed by atoms with Crippen LogP contribution in [0.25, 0.3) is 10.9 Å². The minimum Gasteiger partial charge on any atom is -0.356 e. The molecule has 1 aliphatic heterocycles. The summed E-state index contributed by atoms with van der Waals surface area (Å²) in [5, 5.41) is 1.18. The SMILES string of the molecule is CC1CCN(c2cc(CN)c3ccccc3n2)C1. The predicted molar refractivity (Wildman–Crippen MR) is 75.6 cm³/mol. The molecule has 1 unspecified atom stereocenters. The molecule has 3 nitrogen and oxygen atoms in total. The van der Waals surface area contributed by atoms with Crippen LogP contribution in [-0.4, -0.2) is 18.1 Å². The van der Waals surface area contributed by atoms with Crippen LogP contribution in [0, 0.1) is 5.92 Å². The Labute approximate surface area is 108 Å². The molecule has 0 radical (unpaired) electrons. The van der Waals surface area contributed by atoms with Gasteiger partial charge in [-0.15, -0.1) is 0 Å². The van der Waals surface area contributed by atoms with E-state index in [1.54, 1.807) is 0 Å². The molecule has 2 heterocycles. The quantitative estimate of drug-likeness (QED) is 0.878. The third-order valence-electron chi connectivity index (χ3n) is 3.76. The molecule has 1 saturated heterocycles. The number of anilines is 1. The van der Waals surface area contributed by atoms with Crippen molar-refractivity contribution in [2.24, 2.45) is 11.7 Å². The summed E-state index contributed by atoms with van der Waals surface area (Å²) in [7, 11) is 0. The second-order valence-electron chi connectivity index (χ2n) is 5.20. The fraction of sp³-hybridized carbons (Fsp3) is 0.400. The highest BCUT2D eigenvalue weighted by Gasteiger charge is 2.20. The highest BCUT2D eigenvalue weighted by atomic mass is 15.2. The molecule has 3 heteroatoms. The van der Waals surface area contributed by atoms with Gasteiger partial charge in [-0.2, -0.15) is 0 Å². The van der Waals surface area contributed by atoms with Crippen molar-refractivity contribution < 1.29 is 0 Å². The average Bonchev–Trinajstić information content (AvgIpc) is 2.84. The number of aromatic nitrogens is 1. The Morgan fingerprint density at radius 1 is 1.39 bits per heavy atom. The molecule has 1 aliphatic rings. The lowest BCUT2D eigenvalue weighted by Crippen LogP contribution is -2.20. The van der Waals surface area contributed by atoms with E-state index in [0.717, 1.165) is 30.3 Å². The Bertz CT molecular complexity index is 565. The molecule has 2 aromatic rings. The van der Waals surface area contributed by atoms with Crippen LogP contribution in [0.4, 0.5) is 5.82 Å². The molecular formula is C15H19N3. The van der Waals surface area contributed by atoms with Crippen LogP contribution in [0.1, 0.15) is 18.9 Å². The largest absolute Gasteiger partial charge is 0.356 e. The minimum absolute atomic E-state index is 0.569. The van der Waals surface area contributed by atoms with Crippen molar-refractivity contribution in [2.75, 3.05) is 18.0 Å². The highest BCUT2D eigenvalue weighted by molar-refractivity contribution is 5.84. The topological polar surface area (TPSA) is 42.1 Å². The molecule has 0 amide bonds. The molecule has 0 aliphatic carbocycles. The van der Waals surface area contributed by atoms with Gasteiger partial charge in [0.15, 0.2) is 0 Å². The molecule has 1 atom stereocenters. The van der Waals surface area contributed by atoms with Gasteiger partial charge in [-0.25, -0.2) is 4.98 Å². The summed E-state index contributed by atoms with van der Waals surface area (Å²) in [5.74, 6) is 1.85. The van der Waals surface area contributed by atoms with Gasteiger partial charge in [-0.3, -0.25) is 0 Å². The van der Waals surface area contributed by atoms with Gasteiger partial charge >= 0.3 is 0 Å². The van der Waals surface area contributed by atoms with Gasteiger partial charge in [0.25, 0.3) is 0 Å². The average molecular weight is 241 g/mol. The van der Waals surface area contributed by atoms with Crippen LogP contribution in [-0.2, 0) is 6.54 Å². The van der Waals surface area contributed by atoms with Crippen molar-refractivity contribution in [3.8, 4) is 0 Å². The van der Waals surface area contributed by atoms with E-state index in [0.29, 0.717) is 6.54 Å². The molecule has 1 aromatic heterocycles. The van der Waals surface area contributed by atoms with E-state index in [1.165, 1.54) is 17.4 Å². The number of pyridine rings is 1. The zero-order chi connectivity index (χ0) is 12.5. The van der Waals surface area contributed by atoms with Crippen molar-refractivity contribution >= 4 is 16.7 Å². The fourth-order valence-electron chi connectivity index (χ4n) is 2.71. The van der Waals surface area contributed by atoms with Crippen molar-refractivity contribution in [2.45, 2.75) is 19.9 Å². The van der Waals surface area contributed by atoms with E-state index in [2.05, 4.69) is 30.0 Å². The minimum atomic E-state index is 0.569. The highest BCUT2D eigenvalue weighted by Crippen LogP contribution is 2.26. The number of nitrogens with two attached hydrogens (primary N) is 1. The third-order valence-corrected chi connectivity index (χ3v) is 3.76. The number of fused-ring (bicyclic) bond motifs is 1. The smallest absolute Gasteiger partial charge is 0.129 e. The molecular weight excluding hydrogens is 222 g/mol. The first kappa shape index (κ1) is 11.5. The van der Waals surface area contributed by atoms with Crippen LogP contribution in [0.5, 0.6) is 0 Å². The Kier molecular flexibility index (Phi) is 2.92. The van der Waals surface area contributed by atoms with Gasteiger partial charge in [0.05, 0.1) is 5.52 Å². The van der Waals surface area contributed by atoms with Crippen molar-refractivity contribution in [1.82, 2.24) is 4.98 Å². The van der Waals surface area contributed by atoms with E-state index >= 15 is 0 Å². The fourth-order valence-corrected chi connectivity index (χ4v) is 2.71. The molecule has 1 aromatic carbocycles. The third kappa shape index (κ3) is 1.95. The number of rotatable bonds is 2. The predicted octanol–water partition coefficient (Wildman–Crippen LogP) is 2.54. The van der Waals surface area contributed by atoms with Gasteiger partial charge in [-0.05, 0) is 30.0 Å². The monoisotopic (exact) mass is 241 g/mol. The Morgan fingerprint density at radius 2 is 2.22 bits per heavy atom. The van der Waals surface area contributed by atoms with E-state index < -0.39 is 0 Å². The summed E-state index contributed by atoms with van der Waals surface area (Å²) >= 11 is 0. The Hall–Kier alpha value is -1.61. The summed E-state index contributed by atoms with van der Waals surface area (Å²) in [5.41, 5.74) is 8.11. The lowest BCUT2D eigenvalue weighted by Gasteiger charge is -2.19. The molecule has 1 fully saturated rings. The van der Waals surface area contributed by atoms with Crippen molar-refractivity contribution in [3.63, 3.8) is 0 Å². The molecule has 18 heavy (non-hydrogen) atoms. The molecule has 0 saturated carbocycles. The van der Waals surface area contributed by atoms with Gasteiger partial charge in [0.1, 0.15) is 5.82 Å². The van der Waals surface area contributed by atoms with Crippen LogP contribution < -0.4 is 10.6 Å². The summed E-state index contributed by atoms with van der Waals surface area (Å²) in [6.07, 6.45) is 1.26. The van der Waals surface area contributed by atoms with E-state index in [1.807, 2.05) is 12.1 Å². The van der Waals surface area contributed by atoms with Crippen molar-refractivity contribution in [3.05, 3.63) is 35.9 Å². The van der Waals surface area contributed by atoms with Gasteiger partial charge in [0, 0.05) is 25.0 Å². The maximum Gasteiger partial charge on any atom is 0.129 e. The Morgan fingerprint density at radius 3 is 2.94 bits per heavy atom. The lowest BCUT2D eigenvalue weighted by molar-refractivity contribution is 0.659. The van der Waals surface area contributed by atoms with E-state index in [4.69, 9.17) is 10.7 Å². The zero-order valence-corrected chi connectivity index (χ0v) is 10.8. The molecule has 3 rings (SSSR count). The first-order valence-corrected chi connectivity index (χ1v) is 6.61. The summed E-state index contributed by atoms with van der Waals surface area (Å²) in [6, 6.07) is 10.4. The second kappa shape index (κ2) is 4.58. The summed E-state index contributed by atoms with van der Waals surface area (Å²) in [4.78, 5) is 7.14. The normalized spacial score (nSPS) is 19.7. The van der Waals surface area contributed by atoms with Crippen LogP contribution in [0.3, 0.4) is 0 Å². The maximum absolute atomic E-state index is 5.86. The number of hydrogen-bond donors (Lipinski definition) is 1. The van der Waals surface area contributed by atoms with Gasteiger partial charge < -0.3 is 10.6 Å². The summed E-state index contributed by atoms with van der Waals surface area (Å²) in [6.45, 7) is 5.08.